The fourth-order valence-corrected chi connectivity index (χ4v) is 2.99. The highest BCUT2D eigenvalue weighted by Crippen LogP contribution is 2.24. The first-order chi connectivity index (χ1) is 11.0. The Balaban J connectivity index is 2.07. The van der Waals surface area contributed by atoms with Crippen molar-refractivity contribution in [2.45, 2.75) is 32.0 Å². The number of carbonyl (C=O) groups is 1. The third-order valence-electron chi connectivity index (χ3n) is 4.23. The van der Waals surface area contributed by atoms with Crippen LogP contribution >= 0.6 is 0 Å². The third-order valence-corrected chi connectivity index (χ3v) is 4.23. The van der Waals surface area contributed by atoms with Gasteiger partial charge in [-0.05, 0) is 6.92 Å². The van der Waals surface area contributed by atoms with Crippen LogP contribution in [0.25, 0.3) is 0 Å². The average molecular weight is 324 g/mol. The Morgan fingerprint density at radius 1 is 1.52 bits per heavy atom. The van der Waals surface area contributed by atoms with Crippen LogP contribution in [-0.2, 0) is 27.4 Å². The van der Waals surface area contributed by atoms with Gasteiger partial charge in [0.2, 0.25) is 5.91 Å². The number of aromatic nitrogens is 2. The number of imidazole rings is 1. The van der Waals surface area contributed by atoms with E-state index in [4.69, 9.17) is 9.47 Å². The molecular formula is C16H28N4O3. The predicted octanol–water partition coefficient (Wildman–Crippen LogP) is 0.599. The van der Waals surface area contributed by atoms with Crippen LogP contribution in [0.4, 0.5) is 0 Å². The summed E-state index contributed by atoms with van der Waals surface area (Å²) in [5.41, 5.74) is 0.602. The van der Waals surface area contributed by atoms with Crippen molar-refractivity contribution in [3.8, 4) is 0 Å². The highest BCUT2D eigenvalue weighted by atomic mass is 16.5. The Morgan fingerprint density at radius 2 is 2.30 bits per heavy atom. The molecule has 1 saturated heterocycles. The van der Waals surface area contributed by atoms with Crippen LogP contribution in [-0.4, -0.2) is 78.4 Å². The van der Waals surface area contributed by atoms with E-state index in [1.807, 2.05) is 12.5 Å². The summed E-state index contributed by atoms with van der Waals surface area (Å²) in [6.45, 7) is 6.35. The number of methoxy groups -OCH3 is 1. The molecule has 0 aromatic carbocycles. The number of aryl methyl sites for hydroxylation is 1. The van der Waals surface area contributed by atoms with E-state index in [9.17, 15) is 4.79 Å². The van der Waals surface area contributed by atoms with E-state index >= 15 is 0 Å². The van der Waals surface area contributed by atoms with Gasteiger partial charge >= 0.3 is 0 Å². The minimum atomic E-state index is -0.578. The molecule has 1 fully saturated rings. The molecule has 1 aliphatic rings. The summed E-state index contributed by atoms with van der Waals surface area (Å²) in [5.74, 6) is 0.0579. The van der Waals surface area contributed by atoms with Gasteiger partial charge in [-0.15, -0.1) is 0 Å². The Kier molecular flexibility index (Phi) is 6.15. The summed E-state index contributed by atoms with van der Waals surface area (Å²) in [6, 6.07) is 0. The number of amides is 1. The van der Waals surface area contributed by atoms with Gasteiger partial charge in [0.05, 0.1) is 31.7 Å². The Bertz CT molecular complexity index is 513. The average Bonchev–Trinajstić information content (AvgIpc) is 2.94. The van der Waals surface area contributed by atoms with Crippen molar-refractivity contribution in [3.63, 3.8) is 0 Å². The molecule has 0 radical (unpaired) electrons. The highest BCUT2D eigenvalue weighted by molar-refractivity contribution is 5.76. The fourth-order valence-electron chi connectivity index (χ4n) is 2.99. The standard InChI is InChI=1S/C16H28N4O3/c1-5-20-13-17-9-14(20)10-19-6-7-23-16(11-19,12-22-4)8-15(21)18(2)3/h9,13H,5-8,10-12H2,1-4H3. The van der Waals surface area contributed by atoms with E-state index in [2.05, 4.69) is 21.4 Å². The first-order valence-electron chi connectivity index (χ1n) is 8.04. The summed E-state index contributed by atoms with van der Waals surface area (Å²) in [7, 11) is 5.18. The number of rotatable bonds is 7. The maximum atomic E-state index is 12.2. The summed E-state index contributed by atoms with van der Waals surface area (Å²) in [6.07, 6.45) is 4.09. The Hall–Kier alpha value is -1.44. The summed E-state index contributed by atoms with van der Waals surface area (Å²) >= 11 is 0. The zero-order chi connectivity index (χ0) is 16.9. The molecule has 0 spiro atoms. The second kappa shape index (κ2) is 7.90. The van der Waals surface area contributed by atoms with E-state index in [0.29, 0.717) is 26.2 Å². The van der Waals surface area contributed by atoms with Crippen LogP contribution in [0.5, 0.6) is 0 Å². The number of hydrogen-bond donors (Lipinski definition) is 0. The number of morpholine rings is 1. The number of nitrogens with zero attached hydrogens (tertiary/aromatic N) is 4. The third kappa shape index (κ3) is 4.53. The lowest BCUT2D eigenvalue weighted by molar-refractivity contribution is -0.160. The van der Waals surface area contributed by atoms with E-state index < -0.39 is 5.60 Å². The SMILES string of the molecule is CCn1cncc1CN1CCOC(COC)(CC(=O)N(C)C)C1. The summed E-state index contributed by atoms with van der Waals surface area (Å²) in [4.78, 5) is 20.3. The Morgan fingerprint density at radius 3 is 2.96 bits per heavy atom. The maximum Gasteiger partial charge on any atom is 0.225 e. The van der Waals surface area contributed by atoms with Crippen molar-refractivity contribution >= 4 is 5.91 Å². The summed E-state index contributed by atoms with van der Waals surface area (Å²) in [5, 5.41) is 0. The normalized spacial score (nSPS) is 22.3. The molecule has 7 heteroatoms. The van der Waals surface area contributed by atoms with Crippen LogP contribution < -0.4 is 0 Å². The highest BCUT2D eigenvalue weighted by Gasteiger charge is 2.39. The van der Waals surface area contributed by atoms with Gasteiger partial charge in [0, 0.05) is 53.6 Å². The number of hydrogen-bond acceptors (Lipinski definition) is 5. The number of ether oxygens (including phenoxy) is 2. The van der Waals surface area contributed by atoms with Crippen molar-refractivity contribution < 1.29 is 14.3 Å². The molecule has 2 rings (SSSR count). The van der Waals surface area contributed by atoms with Crippen LogP contribution in [0.15, 0.2) is 12.5 Å². The molecule has 130 valence electrons. The van der Waals surface area contributed by atoms with Gasteiger partial charge < -0.3 is 18.9 Å². The molecule has 2 heterocycles. The van der Waals surface area contributed by atoms with Gasteiger partial charge in [0.25, 0.3) is 0 Å². The maximum absolute atomic E-state index is 12.2. The van der Waals surface area contributed by atoms with E-state index in [1.165, 1.54) is 5.69 Å². The first-order valence-corrected chi connectivity index (χ1v) is 8.04. The lowest BCUT2D eigenvalue weighted by Crippen LogP contribution is -2.56. The molecule has 0 aliphatic carbocycles. The number of carbonyl (C=O) groups excluding carboxylic acids is 1. The lowest BCUT2D eigenvalue weighted by Gasteiger charge is -2.42. The molecule has 1 aromatic heterocycles. The minimum absolute atomic E-state index is 0.0579. The molecule has 0 bridgehead atoms. The zero-order valence-corrected chi connectivity index (χ0v) is 14.6. The molecular weight excluding hydrogens is 296 g/mol. The van der Waals surface area contributed by atoms with Crippen molar-refractivity contribution in [1.82, 2.24) is 19.4 Å². The molecule has 0 saturated carbocycles. The molecule has 1 aliphatic heterocycles. The van der Waals surface area contributed by atoms with Crippen LogP contribution in [0.3, 0.4) is 0 Å². The molecule has 0 N–H and O–H groups in total. The second-order valence-electron chi connectivity index (χ2n) is 6.31. The monoisotopic (exact) mass is 324 g/mol. The predicted molar refractivity (Wildman–Crippen MR) is 87.0 cm³/mol. The van der Waals surface area contributed by atoms with Gasteiger partial charge in [-0.2, -0.15) is 0 Å². The first kappa shape index (κ1) is 17.9. The van der Waals surface area contributed by atoms with Gasteiger partial charge in [-0.25, -0.2) is 4.98 Å². The molecule has 1 amide bonds. The second-order valence-corrected chi connectivity index (χ2v) is 6.31. The topological polar surface area (TPSA) is 59.8 Å². The van der Waals surface area contributed by atoms with E-state index in [1.54, 1.807) is 26.1 Å². The van der Waals surface area contributed by atoms with Gasteiger partial charge in [-0.3, -0.25) is 9.69 Å². The molecule has 23 heavy (non-hydrogen) atoms. The van der Waals surface area contributed by atoms with Crippen molar-refractivity contribution in [2.75, 3.05) is 47.5 Å². The van der Waals surface area contributed by atoms with Gasteiger partial charge in [0.1, 0.15) is 5.60 Å². The Labute approximate surface area is 138 Å². The zero-order valence-electron chi connectivity index (χ0n) is 14.6. The summed E-state index contributed by atoms with van der Waals surface area (Å²) < 4.78 is 13.5. The van der Waals surface area contributed by atoms with Crippen molar-refractivity contribution in [2.24, 2.45) is 0 Å². The van der Waals surface area contributed by atoms with E-state index in [0.717, 1.165) is 19.6 Å². The molecule has 1 aromatic rings. The van der Waals surface area contributed by atoms with Crippen LogP contribution in [0.2, 0.25) is 0 Å². The van der Waals surface area contributed by atoms with Gasteiger partial charge in [0.15, 0.2) is 0 Å². The molecule has 7 nitrogen and oxygen atoms in total. The fraction of sp³-hybridized carbons (Fsp3) is 0.750. The van der Waals surface area contributed by atoms with Crippen molar-refractivity contribution in [3.05, 3.63) is 18.2 Å². The molecule has 1 unspecified atom stereocenters. The lowest BCUT2D eigenvalue weighted by atomic mass is 9.97. The quantitative estimate of drug-likeness (QED) is 0.735. The van der Waals surface area contributed by atoms with Crippen molar-refractivity contribution in [1.29, 1.82) is 0 Å². The van der Waals surface area contributed by atoms with Crippen LogP contribution in [0, 0.1) is 0 Å². The van der Waals surface area contributed by atoms with Crippen LogP contribution in [0.1, 0.15) is 19.0 Å². The van der Waals surface area contributed by atoms with E-state index in [-0.39, 0.29) is 5.91 Å². The van der Waals surface area contributed by atoms with Gasteiger partial charge in [-0.1, -0.05) is 0 Å². The largest absolute Gasteiger partial charge is 0.382 e. The molecule has 1 atom stereocenters. The minimum Gasteiger partial charge on any atom is -0.382 e. The smallest absolute Gasteiger partial charge is 0.225 e.